The molecule has 0 spiro atoms. The van der Waals surface area contributed by atoms with E-state index in [4.69, 9.17) is 10.5 Å². The Morgan fingerprint density at radius 1 is 1.50 bits per heavy atom. The van der Waals surface area contributed by atoms with Gasteiger partial charge in [0.05, 0.1) is 0 Å². The fourth-order valence-electron chi connectivity index (χ4n) is 2.19. The lowest BCUT2D eigenvalue weighted by molar-refractivity contribution is -0.129. The second kappa shape index (κ2) is 6.64. The maximum Gasteiger partial charge on any atom is 0.269 e. The number of amides is 2. The summed E-state index contributed by atoms with van der Waals surface area (Å²) < 4.78 is 5.62. The third kappa shape index (κ3) is 3.29. The minimum atomic E-state index is -0.602. The number of carbonyl (C=O) groups excluding carboxylic acids is 2. The summed E-state index contributed by atoms with van der Waals surface area (Å²) >= 11 is 0. The molecule has 7 nitrogen and oxygen atoms in total. The number of nitrogens with one attached hydrogen (secondary N) is 1. The molecule has 1 aromatic heterocycles. The first kappa shape index (κ1) is 16.1. The van der Waals surface area contributed by atoms with Crippen molar-refractivity contribution >= 4 is 23.5 Å². The van der Waals surface area contributed by atoms with Gasteiger partial charge in [0, 0.05) is 6.04 Å². The summed E-state index contributed by atoms with van der Waals surface area (Å²) in [6.07, 6.45) is 0.739. The molecular formula is C15H22N4O3. The first-order chi connectivity index (χ1) is 10.5. The van der Waals surface area contributed by atoms with Crippen LogP contribution in [0.25, 0.3) is 0 Å². The highest BCUT2D eigenvalue weighted by molar-refractivity contribution is 6.03. The van der Waals surface area contributed by atoms with E-state index in [1.54, 1.807) is 12.1 Å². The zero-order chi connectivity index (χ0) is 16.3. The molecule has 2 heterocycles. The van der Waals surface area contributed by atoms with Crippen molar-refractivity contribution in [3.05, 3.63) is 12.1 Å². The van der Waals surface area contributed by atoms with Gasteiger partial charge in [0.25, 0.3) is 5.91 Å². The summed E-state index contributed by atoms with van der Waals surface area (Å²) in [6, 6.07) is 3.34. The molecule has 2 atom stereocenters. The minimum Gasteiger partial charge on any atom is -0.477 e. The number of hydrogen-bond donors (Lipinski definition) is 2. The fraction of sp³-hybridized carbons (Fsp3) is 0.533. The third-order valence-electron chi connectivity index (χ3n) is 3.62. The van der Waals surface area contributed by atoms with Gasteiger partial charge < -0.3 is 15.8 Å². The number of nitrogens with zero attached hydrogens (tertiary/aromatic N) is 2. The summed E-state index contributed by atoms with van der Waals surface area (Å²) in [5.41, 5.74) is 5.68. The molecule has 0 aliphatic carbocycles. The monoisotopic (exact) mass is 306 g/mol. The maximum absolute atomic E-state index is 12.5. The van der Waals surface area contributed by atoms with E-state index in [9.17, 15) is 9.59 Å². The van der Waals surface area contributed by atoms with Crippen LogP contribution in [0.2, 0.25) is 0 Å². The molecule has 0 radical (unpaired) electrons. The first-order valence-electron chi connectivity index (χ1n) is 7.50. The summed E-state index contributed by atoms with van der Waals surface area (Å²) in [7, 11) is 0. The second-order valence-electron chi connectivity index (χ2n) is 5.37. The van der Waals surface area contributed by atoms with E-state index >= 15 is 0 Å². The summed E-state index contributed by atoms with van der Waals surface area (Å²) in [4.78, 5) is 30.1. The quantitative estimate of drug-likeness (QED) is 0.848. The Balaban J connectivity index is 2.26. The van der Waals surface area contributed by atoms with Gasteiger partial charge in [-0.25, -0.2) is 4.98 Å². The lowest BCUT2D eigenvalue weighted by atomic mass is 10.2. The van der Waals surface area contributed by atoms with Crippen molar-refractivity contribution in [1.29, 1.82) is 0 Å². The normalized spacial score (nSPS) is 18.4. The van der Waals surface area contributed by atoms with Crippen LogP contribution in [-0.4, -0.2) is 35.5 Å². The standard InChI is InChI=1S/C15H22N4O3/c1-4-9(3)17-13(20)8-19-14-11(6-7-12(16)18-14)22-10(5-2)15(19)21/h6-7,9-10H,4-5,8H2,1-3H3,(H2,16,18)(H,17,20). The number of carbonyl (C=O) groups is 2. The molecule has 2 unspecified atom stereocenters. The predicted molar refractivity (Wildman–Crippen MR) is 83.6 cm³/mol. The number of nitrogens with two attached hydrogens (primary N) is 1. The molecule has 1 aliphatic heterocycles. The van der Waals surface area contributed by atoms with Crippen LogP contribution in [-0.2, 0) is 9.59 Å². The molecule has 7 heteroatoms. The minimum absolute atomic E-state index is 0.0545. The Kier molecular flexibility index (Phi) is 4.85. The van der Waals surface area contributed by atoms with Crippen molar-refractivity contribution in [3.8, 4) is 5.75 Å². The lowest BCUT2D eigenvalue weighted by Crippen LogP contribution is -2.50. The second-order valence-corrected chi connectivity index (χ2v) is 5.37. The van der Waals surface area contributed by atoms with Crippen molar-refractivity contribution in [2.24, 2.45) is 0 Å². The van der Waals surface area contributed by atoms with Gasteiger partial charge in [-0.15, -0.1) is 0 Å². The Bertz CT molecular complexity index is 576. The van der Waals surface area contributed by atoms with Crippen LogP contribution >= 0.6 is 0 Å². The van der Waals surface area contributed by atoms with Crippen molar-refractivity contribution < 1.29 is 14.3 Å². The molecule has 0 saturated heterocycles. The molecule has 2 rings (SSSR count). The van der Waals surface area contributed by atoms with E-state index in [1.807, 2.05) is 20.8 Å². The fourth-order valence-corrected chi connectivity index (χ4v) is 2.19. The number of rotatable bonds is 5. The molecule has 1 aliphatic rings. The van der Waals surface area contributed by atoms with Gasteiger partial charge in [0.2, 0.25) is 5.91 Å². The summed E-state index contributed by atoms with van der Waals surface area (Å²) in [6.45, 7) is 5.66. The van der Waals surface area contributed by atoms with Crippen LogP contribution < -0.4 is 20.7 Å². The van der Waals surface area contributed by atoms with Gasteiger partial charge in [-0.1, -0.05) is 13.8 Å². The summed E-state index contributed by atoms with van der Waals surface area (Å²) in [5.74, 6) is 0.547. The molecule has 3 N–H and O–H groups in total. The average molecular weight is 306 g/mol. The van der Waals surface area contributed by atoms with Gasteiger partial charge in [-0.3, -0.25) is 14.5 Å². The van der Waals surface area contributed by atoms with E-state index in [-0.39, 0.29) is 30.2 Å². The topological polar surface area (TPSA) is 97.5 Å². The zero-order valence-corrected chi connectivity index (χ0v) is 13.1. The molecule has 0 saturated carbocycles. The Labute approximate surface area is 129 Å². The zero-order valence-electron chi connectivity index (χ0n) is 13.1. The van der Waals surface area contributed by atoms with Crippen LogP contribution in [0.1, 0.15) is 33.6 Å². The maximum atomic E-state index is 12.5. The van der Waals surface area contributed by atoms with Gasteiger partial charge in [-0.05, 0) is 31.9 Å². The number of pyridine rings is 1. The van der Waals surface area contributed by atoms with Crippen molar-refractivity contribution in [1.82, 2.24) is 10.3 Å². The van der Waals surface area contributed by atoms with E-state index < -0.39 is 6.10 Å². The molecule has 22 heavy (non-hydrogen) atoms. The molecule has 0 bridgehead atoms. The number of fused-ring (bicyclic) bond motifs is 1. The van der Waals surface area contributed by atoms with Crippen LogP contribution in [0, 0.1) is 0 Å². The number of hydrogen-bond acceptors (Lipinski definition) is 5. The van der Waals surface area contributed by atoms with Crippen molar-refractivity contribution in [3.63, 3.8) is 0 Å². The van der Waals surface area contributed by atoms with Crippen LogP contribution in [0.3, 0.4) is 0 Å². The molecule has 120 valence electrons. The Morgan fingerprint density at radius 2 is 2.23 bits per heavy atom. The molecule has 0 aromatic carbocycles. The highest BCUT2D eigenvalue weighted by Gasteiger charge is 2.35. The number of ether oxygens (including phenoxy) is 1. The van der Waals surface area contributed by atoms with E-state index in [1.165, 1.54) is 4.90 Å². The smallest absolute Gasteiger partial charge is 0.269 e. The Hall–Kier alpha value is -2.31. The Morgan fingerprint density at radius 3 is 2.86 bits per heavy atom. The van der Waals surface area contributed by atoms with Gasteiger partial charge in [0.15, 0.2) is 17.7 Å². The number of anilines is 2. The largest absolute Gasteiger partial charge is 0.477 e. The van der Waals surface area contributed by atoms with Gasteiger partial charge >= 0.3 is 0 Å². The predicted octanol–water partition coefficient (Wildman–Crippen LogP) is 1.08. The lowest BCUT2D eigenvalue weighted by Gasteiger charge is -2.32. The molecule has 2 amide bonds. The SMILES string of the molecule is CCC(C)NC(=O)CN1C(=O)C(CC)Oc2ccc(N)nc21. The number of nitrogen functional groups attached to an aromatic ring is 1. The summed E-state index contributed by atoms with van der Waals surface area (Å²) in [5, 5.41) is 2.84. The number of aromatic nitrogens is 1. The molecular weight excluding hydrogens is 284 g/mol. The van der Waals surface area contributed by atoms with E-state index in [2.05, 4.69) is 10.3 Å². The van der Waals surface area contributed by atoms with E-state index in [0.29, 0.717) is 18.0 Å². The van der Waals surface area contributed by atoms with Crippen LogP contribution in [0.15, 0.2) is 12.1 Å². The molecule has 0 fully saturated rings. The third-order valence-corrected chi connectivity index (χ3v) is 3.62. The van der Waals surface area contributed by atoms with Gasteiger partial charge in [-0.2, -0.15) is 0 Å². The highest BCUT2D eigenvalue weighted by atomic mass is 16.5. The van der Waals surface area contributed by atoms with Crippen LogP contribution in [0.5, 0.6) is 5.75 Å². The van der Waals surface area contributed by atoms with Gasteiger partial charge in [0.1, 0.15) is 12.4 Å². The first-order valence-corrected chi connectivity index (χ1v) is 7.50. The van der Waals surface area contributed by atoms with Crippen molar-refractivity contribution in [2.75, 3.05) is 17.2 Å². The average Bonchev–Trinajstić information content (AvgIpc) is 2.50. The van der Waals surface area contributed by atoms with Crippen molar-refractivity contribution in [2.45, 2.75) is 45.8 Å². The van der Waals surface area contributed by atoms with Crippen LogP contribution in [0.4, 0.5) is 11.6 Å². The highest BCUT2D eigenvalue weighted by Crippen LogP contribution is 2.33. The molecule has 1 aromatic rings. The van der Waals surface area contributed by atoms with E-state index in [0.717, 1.165) is 6.42 Å².